The Balaban J connectivity index is 1.98. The summed E-state index contributed by atoms with van der Waals surface area (Å²) in [5, 5.41) is 0. The van der Waals surface area contributed by atoms with Crippen LogP contribution in [0.25, 0.3) is 0 Å². The summed E-state index contributed by atoms with van der Waals surface area (Å²) in [5.41, 5.74) is 6.45. The molecule has 2 aromatic rings. The van der Waals surface area contributed by atoms with Crippen LogP contribution in [0.2, 0.25) is 0 Å². The van der Waals surface area contributed by atoms with Gasteiger partial charge in [0.25, 0.3) is 11.8 Å². The lowest BCUT2D eigenvalue weighted by Gasteiger charge is -2.43. The van der Waals surface area contributed by atoms with Crippen LogP contribution in [0, 0.1) is 0 Å². The number of carbonyl (C=O) groups is 3. The summed E-state index contributed by atoms with van der Waals surface area (Å²) < 4.78 is 32.7. The molecule has 45 heavy (non-hydrogen) atoms. The Morgan fingerprint density at radius 1 is 0.733 bits per heavy atom. The zero-order chi connectivity index (χ0) is 33.1. The highest BCUT2D eigenvalue weighted by Gasteiger charge is 2.36. The number of primary amides is 1. The number of hydrogen-bond acceptors (Lipinski definition) is 9. The number of unbranched alkanes of at least 4 members (excludes halogenated alkanes) is 3. The first-order valence-electron chi connectivity index (χ1n) is 14.9. The maximum Gasteiger partial charge on any atom is 0.314 e. The average Bonchev–Trinajstić information content (AvgIpc) is 3.07. The van der Waals surface area contributed by atoms with Gasteiger partial charge in [-0.15, -0.1) is 0 Å². The number of urea groups is 1. The lowest BCUT2D eigenvalue weighted by molar-refractivity contribution is 0.0335. The number of hydrogen-bond donors (Lipinski definition) is 1. The predicted molar refractivity (Wildman–Crippen MR) is 168 cm³/mol. The van der Waals surface area contributed by atoms with Crippen molar-refractivity contribution in [1.82, 2.24) is 14.7 Å². The van der Waals surface area contributed by atoms with Gasteiger partial charge < -0.3 is 48.9 Å². The van der Waals surface area contributed by atoms with E-state index in [0.717, 1.165) is 25.7 Å². The van der Waals surface area contributed by atoms with Crippen molar-refractivity contribution in [2.45, 2.75) is 38.6 Å². The molecule has 13 heteroatoms. The van der Waals surface area contributed by atoms with Crippen molar-refractivity contribution < 1.29 is 42.8 Å². The van der Waals surface area contributed by atoms with Gasteiger partial charge in [0.1, 0.15) is 0 Å². The number of methoxy groups -OCH3 is 6. The van der Waals surface area contributed by atoms with Gasteiger partial charge in [-0.1, -0.05) is 26.2 Å². The van der Waals surface area contributed by atoms with Gasteiger partial charge in [0.05, 0.1) is 48.7 Å². The standard InChI is InChI=1S/C32H46N4O9/c1-8-9-10-11-12-35(32(33)39)20-23-19-34(30(37)21-15-24(40-2)28(44-6)25(16-21)41-3)13-14-36(23)31(38)22-17-26(42-4)29(45-7)27(18-22)43-5/h15-18,23H,8-14,19-20H2,1-7H3,(H2,33,39). The number of nitrogens with zero attached hydrogens (tertiary/aromatic N) is 3. The summed E-state index contributed by atoms with van der Waals surface area (Å²) in [6.45, 7) is 3.31. The van der Waals surface area contributed by atoms with Crippen molar-refractivity contribution in [3.63, 3.8) is 0 Å². The minimum Gasteiger partial charge on any atom is -0.493 e. The molecule has 2 N–H and O–H groups in total. The van der Waals surface area contributed by atoms with Gasteiger partial charge in [0.15, 0.2) is 23.0 Å². The molecular formula is C32H46N4O9. The van der Waals surface area contributed by atoms with E-state index >= 15 is 0 Å². The highest BCUT2D eigenvalue weighted by atomic mass is 16.5. The third-order valence-corrected chi connectivity index (χ3v) is 7.88. The van der Waals surface area contributed by atoms with Crippen molar-refractivity contribution >= 4 is 17.8 Å². The van der Waals surface area contributed by atoms with Crippen LogP contribution in [0.4, 0.5) is 4.79 Å². The predicted octanol–water partition coefficient (Wildman–Crippen LogP) is 3.67. The Kier molecular flexibility index (Phi) is 12.8. The van der Waals surface area contributed by atoms with Crippen LogP contribution in [-0.2, 0) is 0 Å². The van der Waals surface area contributed by atoms with Crippen LogP contribution >= 0.6 is 0 Å². The van der Waals surface area contributed by atoms with Gasteiger partial charge in [-0.3, -0.25) is 9.59 Å². The molecule has 1 saturated heterocycles. The lowest BCUT2D eigenvalue weighted by Crippen LogP contribution is -2.60. The first-order chi connectivity index (χ1) is 21.7. The second kappa shape index (κ2) is 16.5. The largest absolute Gasteiger partial charge is 0.493 e. The number of benzene rings is 2. The Labute approximate surface area is 265 Å². The zero-order valence-corrected chi connectivity index (χ0v) is 27.3. The fraction of sp³-hybridized carbons (Fsp3) is 0.531. The van der Waals surface area contributed by atoms with Crippen molar-refractivity contribution in [3.8, 4) is 34.5 Å². The summed E-state index contributed by atoms with van der Waals surface area (Å²) in [6.07, 6.45) is 3.82. The van der Waals surface area contributed by atoms with Crippen LogP contribution in [-0.4, -0.2) is 114 Å². The normalized spacial score (nSPS) is 14.4. The minimum atomic E-state index is -0.584. The Morgan fingerprint density at radius 2 is 1.22 bits per heavy atom. The molecule has 0 radical (unpaired) electrons. The van der Waals surface area contributed by atoms with E-state index in [1.165, 1.54) is 42.7 Å². The molecule has 1 atom stereocenters. The molecule has 1 unspecified atom stereocenters. The molecule has 0 spiro atoms. The number of amides is 4. The average molecular weight is 631 g/mol. The Bertz CT molecular complexity index is 1290. The van der Waals surface area contributed by atoms with E-state index in [9.17, 15) is 14.4 Å². The zero-order valence-electron chi connectivity index (χ0n) is 27.3. The third kappa shape index (κ3) is 8.14. The Morgan fingerprint density at radius 3 is 1.64 bits per heavy atom. The molecule has 1 aliphatic rings. The van der Waals surface area contributed by atoms with Crippen LogP contribution in [0.15, 0.2) is 24.3 Å². The van der Waals surface area contributed by atoms with Crippen molar-refractivity contribution in [2.75, 3.05) is 75.4 Å². The highest BCUT2D eigenvalue weighted by molar-refractivity contribution is 5.97. The quantitative estimate of drug-likeness (QED) is 0.292. The van der Waals surface area contributed by atoms with Gasteiger partial charge in [0.2, 0.25) is 11.5 Å². The van der Waals surface area contributed by atoms with Gasteiger partial charge in [-0.25, -0.2) is 4.79 Å². The van der Waals surface area contributed by atoms with Crippen LogP contribution < -0.4 is 34.2 Å². The molecule has 1 fully saturated rings. The summed E-state index contributed by atoms with van der Waals surface area (Å²) in [4.78, 5) is 45.3. The fourth-order valence-corrected chi connectivity index (χ4v) is 5.50. The van der Waals surface area contributed by atoms with Crippen molar-refractivity contribution in [2.24, 2.45) is 5.73 Å². The lowest BCUT2D eigenvalue weighted by atomic mass is 10.1. The van der Waals surface area contributed by atoms with E-state index in [4.69, 9.17) is 34.2 Å². The van der Waals surface area contributed by atoms with E-state index < -0.39 is 12.1 Å². The number of nitrogens with two attached hydrogens (primary N) is 1. The van der Waals surface area contributed by atoms with Gasteiger partial charge in [0, 0.05) is 43.9 Å². The molecule has 0 saturated carbocycles. The highest BCUT2D eigenvalue weighted by Crippen LogP contribution is 2.40. The first kappa shape index (κ1) is 34.9. The van der Waals surface area contributed by atoms with E-state index in [1.54, 1.807) is 39.0 Å². The van der Waals surface area contributed by atoms with E-state index in [0.29, 0.717) is 52.2 Å². The molecule has 1 heterocycles. The van der Waals surface area contributed by atoms with Crippen molar-refractivity contribution in [1.29, 1.82) is 0 Å². The fourth-order valence-electron chi connectivity index (χ4n) is 5.50. The molecule has 0 bridgehead atoms. The topological polar surface area (TPSA) is 142 Å². The van der Waals surface area contributed by atoms with Crippen LogP contribution in [0.1, 0.15) is 53.3 Å². The van der Waals surface area contributed by atoms with Crippen LogP contribution in [0.5, 0.6) is 34.5 Å². The van der Waals surface area contributed by atoms with Gasteiger partial charge >= 0.3 is 6.03 Å². The minimum absolute atomic E-state index is 0.149. The molecule has 2 aromatic carbocycles. The number of piperazine rings is 1. The summed E-state index contributed by atoms with van der Waals surface area (Å²) >= 11 is 0. The maximum atomic E-state index is 14.1. The maximum absolute atomic E-state index is 14.1. The van der Waals surface area contributed by atoms with Crippen molar-refractivity contribution in [3.05, 3.63) is 35.4 Å². The summed E-state index contributed by atoms with van der Waals surface area (Å²) in [6, 6.07) is 5.22. The number of rotatable bonds is 15. The molecule has 248 valence electrons. The summed E-state index contributed by atoms with van der Waals surface area (Å²) in [7, 11) is 8.89. The van der Waals surface area contributed by atoms with Gasteiger partial charge in [-0.05, 0) is 30.7 Å². The molecule has 4 amide bonds. The van der Waals surface area contributed by atoms with Gasteiger partial charge in [-0.2, -0.15) is 0 Å². The molecule has 13 nitrogen and oxygen atoms in total. The number of ether oxygens (including phenoxy) is 6. The third-order valence-electron chi connectivity index (χ3n) is 7.88. The van der Waals surface area contributed by atoms with E-state index in [-0.39, 0.29) is 38.0 Å². The van der Waals surface area contributed by atoms with E-state index in [1.807, 2.05) is 0 Å². The molecular weight excluding hydrogens is 584 g/mol. The molecule has 0 aromatic heterocycles. The monoisotopic (exact) mass is 630 g/mol. The smallest absolute Gasteiger partial charge is 0.314 e. The molecule has 0 aliphatic carbocycles. The SMILES string of the molecule is CCCCCCN(CC1CN(C(=O)c2cc(OC)c(OC)c(OC)c2)CCN1C(=O)c1cc(OC)c(OC)c(OC)c1)C(N)=O. The first-order valence-corrected chi connectivity index (χ1v) is 14.9. The van der Waals surface area contributed by atoms with Crippen LogP contribution in [0.3, 0.4) is 0 Å². The summed E-state index contributed by atoms with van der Waals surface area (Å²) in [5.74, 6) is 1.50. The molecule has 3 rings (SSSR count). The van der Waals surface area contributed by atoms with E-state index in [2.05, 4.69) is 6.92 Å². The second-order valence-corrected chi connectivity index (χ2v) is 10.6. The molecule has 1 aliphatic heterocycles. The second-order valence-electron chi connectivity index (χ2n) is 10.6. The Hall–Kier alpha value is -4.55. The number of carbonyl (C=O) groups excluding carboxylic acids is 3.